The molecule has 8 nitrogen and oxygen atoms in total. The Hall–Kier alpha value is -3.77. The predicted octanol–water partition coefficient (Wildman–Crippen LogP) is 4.05. The molecule has 3 aromatic heterocycles. The highest BCUT2D eigenvalue weighted by molar-refractivity contribution is 7.17. The zero-order valence-corrected chi connectivity index (χ0v) is 19.0. The molecule has 0 saturated heterocycles. The lowest BCUT2D eigenvalue weighted by molar-refractivity contribution is -0.118. The van der Waals surface area contributed by atoms with Gasteiger partial charge in [-0.05, 0) is 24.0 Å². The fourth-order valence-corrected chi connectivity index (χ4v) is 4.40. The van der Waals surface area contributed by atoms with Gasteiger partial charge in [0.2, 0.25) is 5.91 Å². The number of nitrogens with zero attached hydrogens (tertiary/aromatic N) is 5. The van der Waals surface area contributed by atoms with Crippen LogP contribution < -0.4 is 10.9 Å². The van der Waals surface area contributed by atoms with Crippen LogP contribution in [0, 0.1) is 11.3 Å². The summed E-state index contributed by atoms with van der Waals surface area (Å²) >= 11 is 1.40. The third kappa shape index (κ3) is 3.69. The van der Waals surface area contributed by atoms with E-state index >= 15 is 0 Å². The highest BCUT2D eigenvalue weighted by atomic mass is 32.1. The standard InChI is InChI=1S/C23H22N6O2S/c1-13(2)15-5-7-16(8-6-15)18-11-32-22-19(18)23(31)29(12-25-22)14(3)21(30)27-20-17(9-24)10-26-28(20)4/h5-8,10-14H,1-4H3,(H,27,30). The maximum atomic E-state index is 13.4. The molecule has 1 unspecified atom stereocenters. The molecule has 1 aromatic carbocycles. The SMILES string of the molecule is CC(C)c1ccc(-c2csc3ncn(C(C)C(=O)Nc4c(C#N)cnn4C)c(=O)c23)cc1. The topological polar surface area (TPSA) is 106 Å². The van der Waals surface area contributed by atoms with Crippen molar-refractivity contribution in [1.29, 1.82) is 5.26 Å². The van der Waals surface area contributed by atoms with E-state index < -0.39 is 11.9 Å². The van der Waals surface area contributed by atoms with Crippen LogP contribution in [0.5, 0.6) is 0 Å². The van der Waals surface area contributed by atoms with Crippen molar-refractivity contribution < 1.29 is 4.79 Å². The van der Waals surface area contributed by atoms with E-state index in [1.165, 1.54) is 38.7 Å². The summed E-state index contributed by atoms with van der Waals surface area (Å²) in [5.41, 5.74) is 2.92. The lowest BCUT2D eigenvalue weighted by atomic mass is 9.99. The molecule has 0 bridgehead atoms. The second-order valence-corrected chi connectivity index (χ2v) is 8.73. The molecule has 0 aliphatic heterocycles. The quantitative estimate of drug-likeness (QED) is 0.498. The van der Waals surface area contributed by atoms with E-state index in [0.717, 1.165) is 11.1 Å². The summed E-state index contributed by atoms with van der Waals surface area (Å²) in [6.45, 7) is 5.89. The third-order valence-electron chi connectivity index (χ3n) is 5.51. The van der Waals surface area contributed by atoms with Gasteiger partial charge in [-0.1, -0.05) is 38.1 Å². The van der Waals surface area contributed by atoms with Gasteiger partial charge in [0.05, 0.1) is 17.9 Å². The zero-order chi connectivity index (χ0) is 23.0. The highest BCUT2D eigenvalue weighted by Gasteiger charge is 2.22. The molecule has 0 aliphatic carbocycles. The van der Waals surface area contributed by atoms with Gasteiger partial charge in [-0.3, -0.25) is 18.8 Å². The van der Waals surface area contributed by atoms with Crippen molar-refractivity contribution >= 4 is 33.3 Å². The van der Waals surface area contributed by atoms with Gasteiger partial charge >= 0.3 is 0 Å². The number of amides is 1. The molecular weight excluding hydrogens is 424 g/mol. The monoisotopic (exact) mass is 446 g/mol. The number of aromatic nitrogens is 4. The minimum atomic E-state index is -0.836. The first-order valence-electron chi connectivity index (χ1n) is 10.1. The molecular formula is C23H22N6O2S. The Morgan fingerprint density at radius 3 is 2.59 bits per heavy atom. The van der Waals surface area contributed by atoms with Crippen LogP contribution in [0.25, 0.3) is 21.3 Å². The minimum Gasteiger partial charge on any atom is -0.308 e. The Kier molecular flexibility index (Phi) is 5.63. The fourth-order valence-electron chi connectivity index (χ4n) is 3.50. The van der Waals surface area contributed by atoms with Gasteiger partial charge in [0, 0.05) is 18.0 Å². The molecule has 1 amide bonds. The molecule has 3 heterocycles. The first-order chi connectivity index (χ1) is 15.3. The van der Waals surface area contributed by atoms with E-state index in [1.807, 2.05) is 23.6 Å². The van der Waals surface area contributed by atoms with E-state index in [0.29, 0.717) is 16.1 Å². The van der Waals surface area contributed by atoms with E-state index in [2.05, 4.69) is 41.4 Å². The molecule has 0 fully saturated rings. The first kappa shape index (κ1) is 21.5. The molecule has 1 N–H and O–H groups in total. The molecule has 1 atom stereocenters. The number of fused-ring (bicyclic) bond motifs is 1. The number of rotatable bonds is 5. The number of hydrogen-bond donors (Lipinski definition) is 1. The first-order valence-corrected chi connectivity index (χ1v) is 11.0. The molecule has 0 spiro atoms. The average molecular weight is 447 g/mol. The van der Waals surface area contributed by atoms with Crippen molar-refractivity contribution in [3.63, 3.8) is 0 Å². The minimum absolute atomic E-state index is 0.249. The van der Waals surface area contributed by atoms with Crippen LogP contribution >= 0.6 is 11.3 Å². The van der Waals surface area contributed by atoms with Gasteiger partial charge in [-0.2, -0.15) is 10.4 Å². The van der Waals surface area contributed by atoms with Crippen LogP contribution in [-0.4, -0.2) is 25.2 Å². The molecule has 0 aliphatic rings. The summed E-state index contributed by atoms with van der Waals surface area (Å²) in [6, 6.07) is 9.30. The van der Waals surface area contributed by atoms with Gasteiger partial charge in [0.1, 0.15) is 28.3 Å². The zero-order valence-electron chi connectivity index (χ0n) is 18.2. The molecule has 4 aromatic rings. The maximum Gasteiger partial charge on any atom is 0.263 e. The molecule has 4 rings (SSSR count). The van der Waals surface area contributed by atoms with E-state index in [1.54, 1.807) is 14.0 Å². The molecule has 0 radical (unpaired) electrons. The second kappa shape index (κ2) is 8.40. The van der Waals surface area contributed by atoms with Crippen LogP contribution in [0.1, 0.15) is 43.9 Å². The van der Waals surface area contributed by atoms with Crippen LogP contribution in [0.3, 0.4) is 0 Å². The van der Waals surface area contributed by atoms with Crippen molar-refractivity contribution in [2.75, 3.05) is 5.32 Å². The molecule has 32 heavy (non-hydrogen) atoms. The summed E-state index contributed by atoms with van der Waals surface area (Å²) in [6.07, 6.45) is 2.77. The van der Waals surface area contributed by atoms with E-state index in [4.69, 9.17) is 0 Å². The highest BCUT2D eigenvalue weighted by Crippen LogP contribution is 2.31. The van der Waals surface area contributed by atoms with Crippen LogP contribution in [-0.2, 0) is 11.8 Å². The second-order valence-electron chi connectivity index (χ2n) is 7.87. The van der Waals surface area contributed by atoms with Gasteiger partial charge in [-0.15, -0.1) is 11.3 Å². The van der Waals surface area contributed by atoms with Crippen LogP contribution in [0.15, 0.2) is 47.0 Å². The number of anilines is 1. The lowest BCUT2D eigenvalue weighted by Gasteiger charge is -2.15. The number of aryl methyl sites for hydroxylation is 1. The Balaban J connectivity index is 1.71. The van der Waals surface area contributed by atoms with Gasteiger partial charge in [0.25, 0.3) is 5.56 Å². The average Bonchev–Trinajstić information content (AvgIpc) is 3.37. The van der Waals surface area contributed by atoms with E-state index in [-0.39, 0.29) is 16.9 Å². The number of thiophene rings is 1. The number of carbonyl (C=O) groups is 1. The lowest BCUT2D eigenvalue weighted by Crippen LogP contribution is -2.32. The fraction of sp³-hybridized carbons (Fsp3) is 0.261. The number of carbonyl (C=O) groups excluding carboxylic acids is 1. The number of hydrogen-bond acceptors (Lipinski definition) is 6. The Labute approximate surface area is 188 Å². The smallest absolute Gasteiger partial charge is 0.263 e. The van der Waals surface area contributed by atoms with Gasteiger partial charge in [0.15, 0.2) is 0 Å². The van der Waals surface area contributed by atoms with E-state index in [9.17, 15) is 14.9 Å². The number of nitriles is 1. The largest absolute Gasteiger partial charge is 0.308 e. The number of nitrogens with one attached hydrogen (secondary N) is 1. The predicted molar refractivity (Wildman–Crippen MR) is 125 cm³/mol. The van der Waals surface area contributed by atoms with Crippen molar-refractivity contribution in [1.82, 2.24) is 19.3 Å². The van der Waals surface area contributed by atoms with Crippen LogP contribution in [0.2, 0.25) is 0 Å². The van der Waals surface area contributed by atoms with Crippen LogP contribution in [0.4, 0.5) is 5.82 Å². The van der Waals surface area contributed by atoms with Gasteiger partial charge < -0.3 is 5.32 Å². The van der Waals surface area contributed by atoms with Crippen molar-refractivity contribution in [2.45, 2.75) is 32.7 Å². The normalized spacial score (nSPS) is 12.1. The summed E-state index contributed by atoms with van der Waals surface area (Å²) in [5, 5.41) is 18.3. The Morgan fingerprint density at radius 1 is 1.22 bits per heavy atom. The van der Waals surface area contributed by atoms with Crippen molar-refractivity contribution in [2.24, 2.45) is 7.05 Å². The summed E-state index contributed by atoms with van der Waals surface area (Å²) < 4.78 is 2.73. The van der Waals surface area contributed by atoms with Crippen molar-refractivity contribution in [3.8, 4) is 17.2 Å². The maximum absolute atomic E-state index is 13.4. The molecule has 162 valence electrons. The third-order valence-corrected chi connectivity index (χ3v) is 6.39. The molecule has 9 heteroatoms. The summed E-state index contributed by atoms with van der Waals surface area (Å²) in [4.78, 5) is 31.3. The Bertz CT molecular complexity index is 1410. The summed E-state index contributed by atoms with van der Waals surface area (Å²) in [7, 11) is 1.63. The molecule has 0 saturated carbocycles. The number of benzene rings is 1. The van der Waals surface area contributed by atoms with Gasteiger partial charge in [-0.25, -0.2) is 4.98 Å². The van der Waals surface area contributed by atoms with Crippen molar-refractivity contribution in [3.05, 3.63) is 63.7 Å². The Morgan fingerprint density at radius 2 is 1.94 bits per heavy atom. The summed E-state index contributed by atoms with van der Waals surface area (Å²) in [5.74, 6) is 0.266.